The predicted octanol–water partition coefficient (Wildman–Crippen LogP) is 3.92. The number of rotatable bonds is 5. The molecule has 34 heavy (non-hydrogen) atoms. The summed E-state index contributed by atoms with van der Waals surface area (Å²) in [6.07, 6.45) is -4.76. The van der Waals surface area contributed by atoms with Crippen molar-refractivity contribution in [1.29, 1.82) is 5.41 Å². The molecule has 0 aliphatic carbocycles. The molecular formula is C22H20ClF3N6O2. The van der Waals surface area contributed by atoms with Crippen LogP contribution in [-0.2, 0) is 10.9 Å². The molecule has 0 unspecified atom stereocenters. The molecule has 0 bridgehead atoms. The van der Waals surface area contributed by atoms with Crippen molar-refractivity contribution in [1.82, 2.24) is 9.78 Å². The monoisotopic (exact) mass is 492 g/mol. The van der Waals surface area contributed by atoms with Gasteiger partial charge in [0.1, 0.15) is 11.5 Å². The summed E-state index contributed by atoms with van der Waals surface area (Å²) in [5.41, 5.74) is 5.42. The van der Waals surface area contributed by atoms with Crippen molar-refractivity contribution in [3.8, 4) is 5.69 Å². The summed E-state index contributed by atoms with van der Waals surface area (Å²) in [4.78, 5) is 15.0. The zero-order valence-electron chi connectivity index (χ0n) is 17.7. The van der Waals surface area contributed by atoms with Gasteiger partial charge in [0.05, 0.1) is 29.6 Å². The molecule has 4 rings (SSSR count). The van der Waals surface area contributed by atoms with Crippen molar-refractivity contribution >= 4 is 34.7 Å². The molecule has 0 saturated carbocycles. The van der Waals surface area contributed by atoms with Crippen LogP contribution in [0.15, 0.2) is 48.5 Å². The van der Waals surface area contributed by atoms with E-state index in [2.05, 4.69) is 10.4 Å². The summed E-state index contributed by atoms with van der Waals surface area (Å²) >= 11 is 6.40. The van der Waals surface area contributed by atoms with Crippen LogP contribution in [0.25, 0.3) is 5.69 Å². The number of hydrogen-bond donors (Lipinski definition) is 3. The van der Waals surface area contributed by atoms with Gasteiger partial charge in [0.15, 0.2) is 5.69 Å². The first-order valence-electron chi connectivity index (χ1n) is 10.2. The van der Waals surface area contributed by atoms with E-state index in [0.717, 1.165) is 10.4 Å². The van der Waals surface area contributed by atoms with Crippen LogP contribution in [0.1, 0.15) is 21.7 Å². The molecule has 1 fully saturated rings. The van der Waals surface area contributed by atoms with Gasteiger partial charge in [0.2, 0.25) is 0 Å². The van der Waals surface area contributed by atoms with Crippen LogP contribution in [0.2, 0.25) is 5.02 Å². The number of carbonyl (C=O) groups excluding carboxylic acids is 1. The van der Waals surface area contributed by atoms with Crippen LogP contribution in [0.3, 0.4) is 0 Å². The smallest absolute Gasteiger partial charge is 0.384 e. The van der Waals surface area contributed by atoms with E-state index >= 15 is 0 Å². The number of nitrogen functional groups attached to an aromatic ring is 1. The quantitative estimate of drug-likeness (QED) is 0.369. The molecule has 12 heteroatoms. The lowest BCUT2D eigenvalue weighted by molar-refractivity contribution is -0.141. The maximum absolute atomic E-state index is 13.4. The highest BCUT2D eigenvalue weighted by Gasteiger charge is 2.36. The maximum atomic E-state index is 13.4. The highest BCUT2D eigenvalue weighted by atomic mass is 35.5. The number of nitrogens with one attached hydrogen (secondary N) is 2. The van der Waals surface area contributed by atoms with Crippen molar-refractivity contribution < 1.29 is 22.7 Å². The summed E-state index contributed by atoms with van der Waals surface area (Å²) in [6.45, 7) is 2.49. The normalized spacial score (nSPS) is 14.2. The second kappa shape index (κ2) is 9.35. The van der Waals surface area contributed by atoms with Gasteiger partial charge >= 0.3 is 6.18 Å². The summed E-state index contributed by atoms with van der Waals surface area (Å²) in [7, 11) is 0. The average molecular weight is 493 g/mol. The van der Waals surface area contributed by atoms with Crippen molar-refractivity contribution in [2.45, 2.75) is 6.18 Å². The van der Waals surface area contributed by atoms with E-state index < -0.39 is 17.8 Å². The number of halogens is 4. The molecule has 2 aromatic carbocycles. The molecular weight excluding hydrogens is 473 g/mol. The molecule has 0 radical (unpaired) electrons. The molecule has 1 aromatic heterocycles. The van der Waals surface area contributed by atoms with E-state index in [9.17, 15) is 18.0 Å². The Morgan fingerprint density at radius 2 is 1.88 bits per heavy atom. The zero-order chi connectivity index (χ0) is 24.5. The second-order valence-electron chi connectivity index (χ2n) is 7.51. The minimum absolute atomic E-state index is 0.147. The number of aromatic nitrogens is 2. The third-order valence-corrected chi connectivity index (χ3v) is 5.49. The van der Waals surface area contributed by atoms with E-state index in [1.54, 1.807) is 12.1 Å². The fraction of sp³-hybridized carbons (Fsp3) is 0.227. The largest absolute Gasteiger partial charge is 0.435 e. The third-order valence-electron chi connectivity index (χ3n) is 5.19. The molecule has 178 valence electrons. The Morgan fingerprint density at radius 1 is 1.15 bits per heavy atom. The Labute approximate surface area is 197 Å². The van der Waals surface area contributed by atoms with Gasteiger partial charge in [-0.05, 0) is 30.3 Å². The molecule has 1 saturated heterocycles. The third kappa shape index (κ3) is 5.00. The van der Waals surface area contributed by atoms with Crippen LogP contribution in [0.4, 0.5) is 24.5 Å². The van der Waals surface area contributed by atoms with E-state index in [-0.39, 0.29) is 22.8 Å². The first-order chi connectivity index (χ1) is 16.1. The Hall–Kier alpha value is -3.57. The summed E-state index contributed by atoms with van der Waals surface area (Å²) < 4.78 is 46.3. The van der Waals surface area contributed by atoms with Crippen LogP contribution in [0, 0.1) is 5.41 Å². The number of amides is 1. The molecule has 0 spiro atoms. The van der Waals surface area contributed by atoms with Crippen LogP contribution < -0.4 is 16.0 Å². The Kier molecular flexibility index (Phi) is 6.49. The van der Waals surface area contributed by atoms with Crippen molar-refractivity contribution in [2.24, 2.45) is 5.73 Å². The van der Waals surface area contributed by atoms with E-state index in [1.165, 1.54) is 30.3 Å². The Bertz CT molecular complexity index is 1240. The highest BCUT2D eigenvalue weighted by molar-refractivity contribution is 6.33. The number of anilines is 2. The zero-order valence-corrected chi connectivity index (χ0v) is 18.5. The van der Waals surface area contributed by atoms with E-state index in [0.29, 0.717) is 43.1 Å². The van der Waals surface area contributed by atoms with Gasteiger partial charge in [0, 0.05) is 30.4 Å². The van der Waals surface area contributed by atoms with Crippen molar-refractivity contribution in [3.63, 3.8) is 0 Å². The van der Waals surface area contributed by atoms with Crippen LogP contribution >= 0.6 is 11.6 Å². The molecule has 8 nitrogen and oxygen atoms in total. The number of alkyl halides is 3. The number of nitrogens with two attached hydrogens (primary N) is 1. The number of carbonyl (C=O) groups is 1. The predicted molar refractivity (Wildman–Crippen MR) is 122 cm³/mol. The lowest BCUT2D eigenvalue weighted by Gasteiger charge is -2.29. The van der Waals surface area contributed by atoms with Gasteiger partial charge in [-0.15, -0.1) is 0 Å². The van der Waals surface area contributed by atoms with Gasteiger partial charge in [-0.3, -0.25) is 10.2 Å². The number of amidine groups is 1. The SMILES string of the molecule is N=C(N)c1cccc(-n2nc(C(F)(F)F)cc2C(=O)Nc2ccc(N3CCOCC3)c(Cl)c2)c1. The van der Waals surface area contributed by atoms with Gasteiger partial charge < -0.3 is 20.7 Å². The first kappa shape index (κ1) is 23.6. The van der Waals surface area contributed by atoms with Gasteiger partial charge in [-0.25, -0.2) is 4.68 Å². The second-order valence-corrected chi connectivity index (χ2v) is 7.92. The molecule has 1 aliphatic heterocycles. The highest BCUT2D eigenvalue weighted by Crippen LogP contribution is 2.32. The van der Waals surface area contributed by atoms with E-state index in [1.807, 2.05) is 4.90 Å². The summed E-state index contributed by atoms with van der Waals surface area (Å²) in [6, 6.07) is 11.4. The fourth-order valence-corrected chi connectivity index (χ4v) is 3.82. The molecule has 4 N–H and O–H groups in total. The average Bonchev–Trinajstić information content (AvgIpc) is 3.26. The van der Waals surface area contributed by atoms with E-state index in [4.69, 9.17) is 27.5 Å². The topological polar surface area (TPSA) is 109 Å². The van der Waals surface area contributed by atoms with Crippen LogP contribution in [0.5, 0.6) is 0 Å². The number of morpholine rings is 1. The number of hydrogen-bond acceptors (Lipinski definition) is 5. The standard InChI is InChI=1S/C22H20ClF3N6O2/c23-16-11-14(4-5-17(16)31-6-8-34-9-7-31)29-21(33)18-12-19(22(24,25)26)30-32(18)15-3-1-2-13(10-15)20(27)28/h1-5,10-12H,6-9H2,(H3,27,28)(H,29,33). The summed E-state index contributed by atoms with van der Waals surface area (Å²) in [5, 5.41) is 14.1. The molecule has 0 atom stereocenters. The molecule has 1 aliphatic rings. The van der Waals surface area contributed by atoms with Gasteiger partial charge in [-0.1, -0.05) is 23.7 Å². The van der Waals surface area contributed by atoms with Crippen LogP contribution in [-0.4, -0.2) is 47.8 Å². The van der Waals surface area contributed by atoms with Gasteiger partial charge in [-0.2, -0.15) is 18.3 Å². The first-order valence-corrected chi connectivity index (χ1v) is 10.6. The Balaban J connectivity index is 1.65. The molecule has 1 amide bonds. The molecule has 2 heterocycles. The minimum atomic E-state index is -4.76. The van der Waals surface area contributed by atoms with Gasteiger partial charge in [0.25, 0.3) is 5.91 Å². The summed E-state index contributed by atoms with van der Waals surface area (Å²) in [5.74, 6) is -1.09. The number of nitrogens with zero attached hydrogens (tertiary/aromatic N) is 3. The fourth-order valence-electron chi connectivity index (χ4n) is 3.52. The minimum Gasteiger partial charge on any atom is -0.384 e. The number of benzene rings is 2. The number of ether oxygens (including phenoxy) is 1. The van der Waals surface area contributed by atoms with Crippen molar-refractivity contribution in [2.75, 3.05) is 36.5 Å². The molecule has 3 aromatic rings. The lowest BCUT2D eigenvalue weighted by Crippen LogP contribution is -2.36. The maximum Gasteiger partial charge on any atom is 0.435 e. The lowest BCUT2D eigenvalue weighted by atomic mass is 10.2. The van der Waals surface area contributed by atoms with Crippen molar-refractivity contribution in [3.05, 3.63) is 70.5 Å². The Morgan fingerprint density at radius 3 is 2.53 bits per heavy atom.